The fourth-order valence-corrected chi connectivity index (χ4v) is 2.61. The van der Waals surface area contributed by atoms with Gasteiger partial charge in [-0.25, -0.2) is 0 Å². The first-order valence-electron chi connectivity index (χ1n) is 4.99. The lowest BCUT2D eigenvalue weighted by Gasteiger charge is -2.18. The minimum atomic E-state index is 0.714. The third-order valence-electron chi connectivity index (χ3n) is 4.48. The highest BCUT2D eigenvalue weighted by Crippen LogP contribution is 2.72. The van der Waals surface area contributed by atoms with Gasteiger partial charge in [-0.1, -0.05) is 27.7 Å². The average Bonchev–Trinajstić information content (AvgIpc) is 2.72. The van der Waals surface area contributed by atoms with Gasteiger partial charge in [-0.15, -0.1) is 0 Å². The summed E-state index contributed by atoms with van der Waals surface area (Å²) in [6, 6.07) is 0. The van der Waals surface area contributed by atoms with Crippen LogP contribution in [-0.2, 0) is 0 Å². The molecule has 11 heavy (non-hydrogen) atoms. The Balaban J connectivity index is 2.03. The largest absolute Gasteiger partial charge is 0.0622 e. The smallest absolute Gasteiger partial charge is 0.0266 e. The highest BCUT2D eigenvalue weighted by atomic mass is 14.7. The maximum atomic E-state index is 2.48. The molecule has 2 aliphatic rings. The third-order valence-corrected chi connectivity index (χ3v) is 4.48. The summed E-state index contributed by atoms with van der Waals surface area (Å²) < 4.78 is 0. The lowest BCUT2D eigenvalue weighted by atomic mass is 9.86. The molecule has 0 bridgehead atoms. The minimum Gasteiger partial charge on any atom is -0.0622 e. The Labute approximate surface area is 70.4 Å². The first-order chi connectivity index (χ1) is 4.99. The van der Waals surface area contributed by atoms with E-state index in [4.69, 9.17) is 0 Å². The molecule has 2 atom stereocenters. The molecule has 0 N–H and O–H groups in total. The van der Waals surface area contributed by atoms with Gasteiger partial charge in [0.15, 0.2) is 0 Å². The Bertz CT molecular complexity index is 176. The molecule has 0 aliphatic heterocycles. The normalized spacial score (nSPS) is 46.1. The molecule has 2 saturated carbocycles. The van der Waals surface area contributed by atoms with Crippen molar-refractivity contribution in [1.82, 2.24) is 0 Å². The zero-order valence-electron chi connectivity index (χ0n) is 8.28. The van der Waals surface area contributed by atoms with Crippen molar-refractivity contribution in [2.45, 2.75) is 47.0 Å². The van der Waals surface area contributed by atoms with Crippen molar-refractivity contribution in [3.8, 4) is 0 Å². The molecule has 64 valence electrons. The highest BCUT2D eigenvalue weighted by molar-refractivity contribution is 5.12. The van der Waals surface area contributed by atoms with Crippen LogP contribution in [0, 0.1) is 22.7 Å². The van der Waals surface area contributed by atoms with E-state index in [-0.39, 0.29) is 0 Å². The van der Waals surface area contributed by atoms with Gasteiger partial charge in [-0.3, -0.25) is 0 Å². The zero-order chi connectivity index (χ0) is 8.28. The van der Waals surface area contributed by atoms with Crippen LogP contribution >= 0.6 is 0 Å². The predicted molar refractivity (Wildman–Crippen MR) is 48.4 cm³/mol. The summed E-state index contributed by atoms with van der Waals surface area (Å²) in [4.78, 5) is 0. The molecule has 0 aromatic carbocycles. The van der Waals surface area contributed by atoms with Gasteiger partial charge < -0.3 is 0 Å². The number of hydrogen-bond acceptors (Lipinski definition) is 0. The van der Waals surface area contributed by atoms with Crippen LogP contribution in [0.15, 0.2) is 0 Å². The van der Waals surface area contributed by atoms with Crippen molar-refractivity contribution in [2.75, 3.05) is 0 Å². The zero-order valence-corrected chi connectivity index (χ0v) is 8.28. The quantitative estimate of drug-likeness (QED) is 0.568. The van der Waals surface area contributed by atoms with E-state index in [1.54, 1.807) is 0 Å². The van der Waals surface area contributed by atoms with Crippen molar-refractivity contribution in [3.63, 3.8) is 0 Å². The van der Waals surface area contributed by atoms with Gasteiger partial charge in [0.1, 0.15) is 0 Å². The summed E-state index contributed by atoms with van der Waals surface area (Å²) in [5.74, 6) is 1.96. The second-order valence-electron chi connectivity index (χ2n) is 5.57. The van der Waals surface area contributed by atoms with E-state index >= 15 is 0 Å². The monoisotopic (exact) mass is 152 g/mol. The maximum Gasteiger partial charge on any atom is -0.0266 e. The van der Waals surface area contributed by atoms with Crippen LogP contribution in [0.3, 0.4) is 0 Å². The van der Waals surface area contributed by atoms with Crippen molar-refractivity contribution in [3.05, 3.63) is 0 Å². The molecule has 0 heterocycles. The van der Waals surface area contributed by atoms with E-state index in [0.717, 1.165) is 17.3 Å². The van der Waals surface area contributed by atoms with Crippen molar-refractivity contribution < 1.29 is 0 Å². The molecule has 2 rings (SSSR count). The molecule has 0 amide bonds. The molecule has 2 aliphatic carbocycles. The van der Waals surface area contributed by atoms with Gasteiger partial charge in [-0.05, 0) is 41.9 Å². The van der Waals surface area contributed by atoms with Gasteiger partial charge in [0.05, 0.1) is 0 Å². The van der Waals surface area contributed by atoms with Gasteiger partial charge in [0.25, 0.3) is 0 Å². The van der Waals surface area contributed by atoms with Crippen LogP contribution in [0.2, 0.25) is 0 Å². The summed E-state index contributed by atoms with van der Waals surface area (Å²) >= 11 is 0. The van der Waals surface area contributed by atoms with Crippen LogP contribution in [0.25, 0.3) is 0 Å². The van der Waals surface area contributed by atoms with Crippen molar-refractivity contribution in [2.24, 2.45) is 22.7 Å². The summed E-state index contributed by atoms with van der Waals surface area (Å²) in [6.45, 7) is 9.72. The van der Waals surface area contributed by atoms with Gasteiger partial charge in [0.2, 0.25) is 0 Å². The lowest BCUT2D eigenvalue weighted by molar-refractivity contribution is 0.301. The highest BCUT2D eigenvalue weighted by Gasteiger charge is 2.63. The second-order valence-corrected chi connectivity index (χ2v) is 5.57. The Morgan fingerprint density at radius 3 is 2.00 bits per heavy atom. The van der Waals surface area contributed by atoms with E-state index in [9.17, 15) is 0 Å². The van der Waals surface area contributed by atoms with E-state index in [1.807, 2.05) is 0 Å². The van der Waals surface area contributed by atoms with Gasteiger partial charge in [0, 0.05) is 0 Å². The fraction of sp³-hybridized carbons (Fsp3) is 1.00. The third kappa shape index (κ3) is 0.947. The Morgan fingerprint density at radius 1 is 1.18 bits per heavy atom. The predicted octanol–water partition coefficient (Wildman–Crippen LogP) is 3.47. The summed E-state index contributed by atoms with van der Waals surface area (Å²) in [5.41, 5.74) is 1.49. The van der Waals surface area contributed by atoms with Crippen LogP contribution in [-0.4, -0.2) is 0 Å². The molecule has 0 nitrogen and oxygen atoms in total. The van der Waals surface area contributed by atoms with E-state index < -0.39 is 0 Å². The molecule has 0 heteroatoms. The molecular formula is C11H20. The van der Waals surface area contributed by atoms with Gasteiger partial charge >= 0.3 is 0 Å². The molecule has 2 unspecified atom stereocenters. The number of hydrogen-bond donors (Lipinski definition) is 0. The van der Waals surface area contributed by atoms with Crippen molar-refractivity contribution >= 4 is 0 Å². The van der Waals surface area contributed by atoms with Gasteiger partial charge in [-0.2, -0.15) is 0 Å². The van der Waals surface area contributed by atoms with Crippen LogP contribution in [0.5, 0.6) is 0 Å². The lowest BCUT2D eigenvalue weighted by Crippen LogP contribution is -2.12. The fourth-order valence-electron chi connectivity index (χ4n) is 2.61. The molecule has 2 fully saturated rings. The molecule has 0 spiro atoms. The molecular weight excluding hydrogens is 132 g/mol. The van der Waals surface area contributed by atoms with Crippen molar-refractivity contribution in [1.29, 1.82) is 0 Å². The molecule has 0 aromatic rings. The summed E-state index contributed by atoms with van der Waals surface area (Å²) in [7, 11) is 0. The average molecular weight is 152 g/mol. The van der Waals surface area contributed by atoms with Crippen LogP contribution < -0.4 is 0 Å². The minimum absolute atomic E-state index is 0.714. The Hall–Kier alpha value is 0. The SMILES string of the molecule is CC(C)C1(C)CC1C1(C)CC1. The van der Waals surface area contributed by atoms with Crippen LogP contribution in [0.4, 0.5) is 0 Å². The molecule has 0 saturated heterocycles. The molecule has 0 radical (unpaired) electrons. The number of rotatable bonds is 2. The maximum absolute atomic E-state index is 2.48. The first-order valence-corrected chi connectivity index (χ1v) is 4.99. The Kier molecular flexibility index (Phi) is 1.28. The van der Waals surface area contributed by atoms with E-state index in [1.165, 1.54) is 19.3 Å². The first kappa shape index (κ1) is 7.64. The topological polar surface area (TPSA) is 0 Å². The molecule has 0 aromatic heterocycles. The summed E-state index contributed by atoms with van der Waals surface area (Å²) in [6.07, 6.45) is 4.50. The van der Waals surface area contributed by atoms with E-state index in [2.05, 4.69) is 27.7 Å². The standard InChI is InChI=1S/C11H20/c1-8(2)11(4)7-9(11)10(3)5-6-10/h8-9H,5-7H2,1-4H3. The van der Waals surface area contributed by atoms with Crippen LogP contribution in [0.1, 0.15) is 47.0 Å². The summed E-state index contributed by atoms with van der Waals surface area (Å²) in [5, 5.41) is 0. The van der Waals surface area contributed by atoms with E-state index in [0.29, 0.717) is 5.41 Å². The Morgan fingerprint density at radius 2 is 1.73 bits per heavy atom. The second kappa shape index (κ2) is 1.84.